The van der Waals surface area contributed by atoms with Crippen molar-refractivity contribution in [1.82, 2.24) is 4.90 Å². The fourth-order valence-electron chi connectivity index (χ4n) is 1.51. The Morgan fingerprint density at radius 1 is 1.45 bits per heavy atom. The van der Waals surface area contributed by atoms with Crippen molar-refractivity contribution < 1.29 is 19.1 Å². The lowest BCUT2D eigenvalue weighted by atomic mass is 10.3. The maximum atomic E-state index is 12.0. The largest absolute Gasteiger partial charge is 0.465 e. The highest BCUT2D eigenvalue weighted by Gasteiger charge is 2.36. The van der Waals surface area contributed by atoms with E-state index in [2.05, 4.69) is 0 Å². The Morgan fingerprint density at radius 2 is 2.20 bits per heavy atom. The molecule has 0 unspecified atom stereocenters. The maximum Gasteiger partial charge on any atom is 0.326 e. The van der Waals surface area contributed by atoms with E-state index in [1.54, 1.807) is 25.1 Å². The van der Waals surface area contributed by atoms with Gasteiger partial charge in [0.1, 0.15) is 6.54 Å². The molecule has 0 spiro atoms. The van der Waals surface area contributed by atoms with Crippen LogP contribution in [0.2, 0.25) is 4.34 Å². The fourth-order valence-corrected chi connectivity index (χ4v) is 3.42. The van der Waals surface area contributed by atoms with Gasteiger partial charge in [-0.3, -0.25) is 19.3 Å². The summed E-state index contributed by atoms with van der Waals surface area (Å²) in [5.74, 6) is -1.09. The zero-order chi connectivity index (χ0) is 14.7. The van der Waals surface area contributed by atoms with E-state index in [9.17, 15) is 14.4 Å². The molecule has 0 aromatic carbocycles. The molecule has 1 fully saturated rings. The third-order valence-corrected chi connectivity index (χ3v) is 4.42. The van der Waals surface area contributed by atoms with Gasteiger partial charge in [0.05, 0.1) is 15.8 Å². The number of carbonyl (C=O) groups is 3. The van der Waals surface area contributed by atoms with E-state index in [4.69, 9.17) is 16.3 Å². The predicted molar refractivity (Wildman–Crippen MR) is 78.6 cm³/mol. The minimum Gasteiger partial charge on any atom is -0.465 e. The number of hydrogen-bond donors (Lipinski definition) is 0. The summed E-state index contributed by atoms with van der Waals surface area (Å²) in [5, 5.41) is -0.475. The lowest BCUT2D eigenvalue weighted by molar-refractivity contribution is -0.145. The summed E-state index contributed by atoms with van der Waals surface area (Å²) in [6.45, 7) is 1.51. The van der Waals surface area contributed by atoms with E-state index in [-0.39, 0.29) is 18.1 Å². The Kier molecular flexibility index (Phi) is 4.85. The molecule has 8 heteroatoms. The summed E-state index contributed by atoms with van der Waals surface area (Å²) < 4.78 is 5.33. The highest BCUT2D eigenvalue weighted by molar-refractivity contribution is 8.18. The van der Waals surface area contributed by atoms with E-state index in [0.717, 1.165) is 21.5 Å². The van der Waals surface area contributed by atoms with Crippen molar-refractivity contribution in [2.75, 3.05) is 13.2 Å². The molecule has 1 aliphatic rings. The van der Waals surface area contributed by atoms with E-state index < -0.39 is 17.1 Å². The number of carbonyl (C=O) groups excluding carboxylic acids is 3. The van der Waals surface area contributed by atoms with Gasteiger partial charge in [-0.25, -0.2) is 0 Å². The van der Waals surface area contributed by atoms with Gasteiger partial charge in [0, 0.05) is 4.88 Å². The van der Waals surface area contributed by atoms with Gasteiger partial charge in [0.2, 0.25) is 0 Å². The maximum absolute atomic E-state index is 12.0. The first-order valence-corrected chi connectivity index (χ1v) is 7.68. The second-order valence-corrected chi connectivity index (χ2v) is 6.45. The van der Waals surface area contributed by atoms with Crippen LogP contribution in [0.1, 0.15) is 11.8 Å². The zero-order valence-electron chi connectivity index (χ0n) is 10.4. The van der Waals surface area contributed by atoms with Crippen molar-refractivity contribution in [2.24, 2.45) is 0 Å². The summed E-state index contributed by atoms with van der Waals surface area (Å²) in [6, 6.07) is 3.47. The summed E-state index contributed by atoms with van der Waals surface area (Å²) in [7, 11) is 0. The normalized spacial score (nSPS) is 17.1. The minimum atomic E-state index is -0.602. The topological polar surface area (TPSA) is 63.7 Å². The number of ether oxygens (including phenoxy) is 1. The Balaban J connectivity index is 2.12. The first-order valence-electron chi connectivity index (χ1n) is 5.67. The molecule has 2 amide bonds. The molecule has 1 saturated heterocycles. The summed E-state index contributed by atoms with van der Waals surface area (Å²) in [5.41, 5.74) is 0. The molecule has 20 heavy (non-hydrogen) atoms. The van der Waals surface area contributed by atoms with Gasteiger partial charge in [0.25, 0.3) is 11.1 Å². The first kappa shape index (κ1) is 15.1. The Morgan fingerprint density at radius 3 is 2.80 bits per heavy atom. The highest BCUT2D eigenvalue weighted by atomic mass is 35.5. The highest BCUT2D eigenvalue weighted by Crippen LogP contribution is 2.34. The SMILES string of the molecule is CCOC(=O)CN1C(=O)SC(=Cc2ccc(Cl)s2)C1=O. The number of thioether (sulfide) groups is 1. The number of halogens is 1. The van der Waals surface area contributed by atoms with Crippen molar-refractivity contribution in [3.8, 4) is 0 Å². The lowest BCUT2D eigenvalue weighted by Crippen LogP contribution is -2.34. The van der Waals surface area contributed by atoms with E-state index in [1.165, 1.54) is 11.3 Å². The Hall–Kier alpha value is -1.31. The molecule has 0 atom stereocenters. The van der Waals surface area contributed by atoms with Crippen LogP contribution in [0.5, 0.6) is 0 Å². The number of rotatable bonds is 4. The molecule has 0 radical (unpaired) electrons. The molecular weight excluding hydrogens is 322 g/mol. The van der Waals surface area contributed by atoms with Gasteiger partial charge in [0.15, 0.2) is 0 Å². The Bertz CT molecular complexity index is 596. The third kappa shape index (κ3) is 3.41. The van der Waals surface area contributed by atoms with Gasteiger partial charge < -0.3 is 4.74 Å². The predicted octanol–water partition coefficient (Wildman–Crippen LogP) is 3.00. The number of hydrogen-bond acceptors (Lipinski definition) is 6. The van der Waals surface area contributed by atoms with Crippen LogP contribution in [0, 0.1) is 0 Å². The molecule has 106 valence electrons. The summed E-state index contributed by atoms with van der Waals surface area (Å²) in [6.07, 6.45) is 1.59. The van der Waals surface area contributed by atoms with Crippen LogP contribution < -0.4 is 0 Å². The molecule has 0 saturated carbocycles. The average Bonchev–Trinajstić information content (AvgIpc) is 2.89. The van der Waals surface area contributed by atoms with Crippen molar-refractivity contribution in [2.45, 2.75) is 6.92 Å². The summed E-state index contributed by atoms with van der Waals surface area (Å²) >= 11 is 7.91. The molecule has 1 aromatic rings. The number of imide groups is 1. The second kappa shape index (κ2) is 6.43. The van der Waals surface area contributed by atoms with Crippen LogP contribution in [0.3, 0.4) is 0 Å². The molecule has 0 N–H and O–H groups in total. The van der Waals surface area contributed by atoms with Crippen LogP contribution in [0.25, 0.3) is 6.08 Å². The Labute approximate surface area is 128 Å². The van der Waals surface area contributed by atoms with Crippen molar-refractivity contribution in [3.63, 3.8) is 0 Å². The molecule has 1 aliphatic heterocycles. The van der Waals surface area contributed by atoms with Crippen LogP contribution in [-0.4, -0.2) is 35.2 Å². The molecule has 0 aliphatic carbocycles. The quantitative estimate of drug-likeness (QED) is 0.627. The molecular formula is C12H10ClNO4S2. The molecule has 0 bridgehead atoms. The van der Waals surface area contributed by atoms with Crippen LogP contribution in [0.4, 0.5) is 4.79 Å². The standard InChI is InChI=1S/C12H10ClNO4S2/c1-2-18-10(15)6-14-11(16)8(20-12(14)17)5-7-3-4-9(13)19-7/h3-5H,2,6H2,1H3. The summed E-state index contributed by atoms with van der Waals surface area (Å²) in [4.78, 5) is 37.0. The average molecular weight is 332 g/mol. The van der Waals surface area contributed by atoms with Crippen LogP contribution in [0.15, 0.2) is 17.0 Å². The van der Waals surface area contributed by atoms with Crippen LogP contribution in [-0.2, 0) is 14.3 Å². The zero-order valence-corrected chi connectivity index (χ0v) is 12.8. The number of amides is 2. The molecule has 2 heterocycles. The monoisotopic (exact) mass is 331 g/mol. The smallest absolute Gasteiger partial charge is 0.326 e. The van der Waals surface area contributed by atoms with Gasteiger partial charge in [-0.1, -0.05) is 11.6 Å². The van der Waals surface area contributed by atoms with Gasteiger partial charge >= 0.3 is 5.97 Å². The number of nitrogens with zero attached hydrogens (tertiary/aromatic N) is 1. The van der Waals surface area contributed by atoms with Gasteiger partial charge in [-0.05, 0) is 36.9 Å². The first-order chi connectivity index (χ1) is 9.51. The van der Waals surface area contributed by atoms with Crippen molar-refractivity contribution >= 4 is 57.9 Å². The van der Waals surface area contributed by atoms with Crippen molar-refractivity contribution in [3.05, 3.63) is 26.3 Å². The molecule has 1 aromatic heterocycles. The second-order valence-electron chi connectivity index (χ2n) is 3.71. The van der Waals surface area contributed by atoms with E-state index >= 15 is 0 Å². The minimum absolute atomic E-state index is 0.207. The fraction of sp³-hybridized carbons (Fsp3) is 0.250. The molecule has 5 nitrogen and oxygen atoms in total. The van der Waals surface area contributed by atoms with Gasteiger partial charge in [-0.15, -0.1) is 11.3 Å². The van der Waals surface area contributed by atoms with Crippen molar-refractivity contribution in [1.29, 1.82) is 0 Å². The third-order valence-electron chi connectivity index (χ3n) is 2.33. The van der Waals surface area contributed by atoms with Crippen LogP contribution >= 0.6 is 34.7 Å². The number of esters is 1. The molecule has 2 rings (SSSR count). The van der Waals surface area contributed by atoms with E-state index in [1.807, 2.05) is 0 Å². The number of thiophene rings is 1. The lowest BCUT2D eigenvalue weighted by Gasteiger charge is -2.10. The van der Waals surface area contributed by atoms with E-state index in [0.29, 0.717) is 4.34 Å². The van der Waals surface area contributed by atoms with Gasteiger partial charge in [-0.2, -0.15) is 0 Å².